The standard InChI is InChI=1S/C12H16BrN5O/c1-2-10(19)8-18-7-9(16-17-18)6-15-12-11(13)4-3-5-14-12/h3-5,7,10,19H,2,6,8H2,1H3,(H,14,15). The lowest BCUT2D eigenvalue weighted by Crippen LogP contribution is -2.15. The Kier molecular flexibility index (Phi) is 4.86. The molecule has 0 radical (unpaired) electrons. The maximum Gasteiger partial charge on any atom is 0.140 e. The van der Waals surface area contributed by atoms with Gasteiger partial charge in [-0.15, -0.1) is 5.10 Å². The van der Waals surface area contributed by atoms with Gasteiger partial charge >= 0.3 is 0 Å². The van der Waals surface area contributed by atoms with Crippen LogP contribution in [0.1, 0.15) is 19.0 Å². The van der Waals surface area contributed by atoms with E-state index in [1.54, 1.807) is 10.9 Å². The Morgan fingerprint density at radius 1 is 1.53 bits per heavy atom. The maximum atomic E-state index is 9.54. The molecule has 0 amide bonds. The third kappa shape index (κ3) is 4.00. The third-order valence-electron chi connectivity index (χ3n) is 2.65. The first-order valence-electron chi connectivity index (χ1n) is 6.10. The van der Waals surface area contributed by atoms with Crippen molar-refractivity contribution in [2.45, 2.75) is 32.5 Å². The molecular weight excluding hydrogens is 310 g/mol. The zero-order valence-corrected chi connectivity index (χ0v) is 12.2. The van der Waals surface area contributed by atoms with E-state index in [9.17, 15) is 5.11 Å². The van der Waals surface area contributed by atoms with Crippen LogP contribution in [0.2, 0.25) is 0 Å². The van der Waals surface area contributed by atoms with Crippen molar-refractivity contribution in [1.29, 1.82) is 0 Å². The number of pyridine rings is 1. The van der Waals surface area contributed by atoms with Gasteiger partial charge in [0.05, 0.1) is 29.9 Å². The first kappa shape index (κ1) is 14.0. The summed E-state index contributed by atoms with van der Waals surface area (Å²) in [7, 11) is 0. The second-order valence-electron chi connectivity index (χ2n) is 4.18. The van der Waals surface area contributed by atoms with E-state index in [1.807, 2.05) is 25.3 Å². The molecule has 2 rings (SSSR count). The Morgan fingerprint density at radius 3 is 3.11 bits per heavy atom. The fourth-order valence-corrected chi connectivity index (χ4v) is 1.94. The van der Waals surface area contributed by atoms with E-state index in [4.69, 9.17) is 0 Å². The smallest absolute Gasteiger partial charge is 0.140 e. The van der Waals surface area contributed by atoms with Crippen molar-refractivity contribution in [3.8, 4) is 0 Å². The van der Waals surface area contributed by atoms with Gasteiger partial charge in [0.2, 0.25) is 0 Å². The van der Waals surface area contributed by atoms with Crippen LogP contribution in [-0.2, 0) is 13.1 Å². The van der Waals surface area contributed by atoms with Crippen molar-refractivity contribution in [2.75, 3.05) is 5.32 Å². The fraction of sp³-hybridized carbons (Fsp3) is 0.417. The summed E-state index contributed by atoms with van der Waals surface area (Å²) in [5.41, 5.74) is 0.806. The molecule has 0 aliphatic rings. The fourth-order valence-electron chi connectivity index (χ4n) is 1.54. The van der Waals surface area contributed by atoms with E-state index in [2.05, 4.69) is 36.5 Å². The summed E-state index contributed by atoms with van der Waals surface area (Å²) >= 11 is 3.42. The average molecular weight is 326 g/mol. The van der Waals surface area contributed by atoms with Gasteiger partial charge in [0, 0.05) is 6.20 Å². The van der Waals surface area contributed by atoms with Crippen LogP contribution in [0.25, 0.3) is 0 Å². The molecule has 7 heteroatoms. The van der Waals surface area contributed by atoms with E-state index >= 15 is 0 Å². The number of aromatic nitrogens is 4. The minimum atomic E-state index is -0.382. The van der Waals surface area contributed by atoms with Gasteiger partial charge in [-0.3, -0.25) is 0 Å². The van der Waals surface area contributed by atoms with Crippen LogP contribution in [-0.4, -0.2) is 31.2 Å². The Hall–Kier alpha value is -1.47. The van der Waals surface area contributed by atoms with Gasteiger partial charge < -0.3 is 10.4 Å². The van der Waals surface area contributed by atoms with Crippen molar-refractivity contribution in [2.24, 2.45) is 0 Å². The molecule has 2 heterocycles. The Bertz CT molecular complexity index is 530. The van der Waals surface area contributed by atoms with Crippen molar-refractivity contribution in [1.82, 2.24) is 20.0 Å². The zero-order chi connectivity index (χ0) is 13.7. The number of hydrogen-bond donors (Lipinski definition) is 2. The van der Waals surface area contributed by atoms with Gasteiger partial charge in [0.15, 0.2) is 0 Å². The highest BCUT2D eigenvalue weighted by molar-refractivity contribution is 9.10. The molecule has 2 aromatic heterocycles. The molecule has 102 valence electrons. The average Bonchev–Trinajstić information content (AvgIpc) is 2.85. The summed E-state index contributed by atoms with van der Waals surface area (Å²) in [5, 5.41) is 20.7. The van der Waals surface area contributed by atoms with Gasteiger partial charge in [-0.1, -0.05) is 12.1 Å². The van der Waals surface area contributed by atoms with Crippen LogP contribution in [0.15, 0.2) is 29.0 Å². The topological polar surface area (TPSA) is 75.9 Å². The minimum Gasteiger partial charge on any atom is -0.391 e. The maximum absolute atomic E-state index is 9.54. The van der Waals surface area contributed by atoms with E-state index in [0.717, 1.165) is 16.0 Å². The molecule has 0 saturated heterocycles. The monoisotopic (exact) mass is 325 g/mol. The number of aliphatic hydroxyl groups is 1. The van der Waals surface area contributed by atoms with Crippen LogP contribution in [0.3, 0.4) is 0 Å². The summed E-state index contributed by atoms with van der Waals surface area (Å²) in [5.74, 6) is 0.769. The highest BCUT2D eigenvalue weighted by atomic mass is 79.9. The van der Waals surface area contributed by atoms with Crippen molar-refractivity contribution in [3.63, 3.8) is 0 Å². The predicted octanol–water partition coefficient (Wildman–Crippen LogP) is 1.82. The lowest BCUT2D eigenvalue weighted by atomic mass is 10.3. The van der Waals surface area contributed by atoms with Crippen LogP contribution < -0.4 is 5.32 Å². The molecule has 0 bridgehead atoms. The summed E-state index contributed by atoms with van der Waals surface area (Å²) < 4.78 is 2.56. The normalized spacial score (nSPS) is 12.4. The van der Waals surface area contributed by atoms with Crippen LogP contribution >= 0.6 is 15.9 Å². The van der Waals surface area contributed by atoms with Crippen molar-refractivity contribution >= 4 is 21.7 Å². The molecule has 0 aromatic carbocycles. The largest absolute Gasteiger partial charge is 0.391 e. The number of aliphatic hydroxyl groups excluding tert-OH is 1. The van der Waals surface area contributed by atoms with Gasteiger partial charge in [0.25, 0.3) is 0 Å². The Balaban J connectivity index is 1.92. The Labute approximate surface area is 120 Å². The first-order valence-corrected chi connectivity index (χ1v) is 6.89. The number of halogens is 1. The predicted molar refractivity (Wildman–Crippen MR) is 75.6 cm³/mol. The van der Waals surface area contributed by atoms with E-state index in [0.29, 0.717) is 19.5 Å². The zero-order valence-electron chi connectivity index (χ0n) is 10.6. The molecule has 6 nitrogen and oxygen atoms in total. The van der Waals surface area contributed by atoms with E-state index in [1.165, 1.54) is 0 Å². The number of hydrogen-bond acceptors (Lipinski definition) is 5. The van der Waals surface area contributed by atoms with Crippen molar-refractivity contribution in [3.05, 3.63) is 34.7 Å². The summed E-state index contributed by atoms with van der Waals surface area (Å²) in [4.78, 5) is 4.21. The molecule has 0 fully saturated rings. The lowest BCUT2D eigenvalue weighted by molar-refractivity contribution is 0.144. The van der Waals surface area contributed by atoms with Gasteiger partial charge in [-0.2, -0.15) is 0 Å². The second kappa shape index (κ2) is 6.63. The number of nitrogens with zero attached hydrogens (tertiary/aromatic N) is 4. The molecule has 1 unspecified atom stereocenters. The highest BCUT2D eigenvalue weighted by Gasteiger charge is 2.06. The molecule has 1 atom stereocenters. The highest BCUT2D eigenvalue weighted by Crippen LogP contribution is 2.18. The summed E-state index contributed by atoms with van der Waals surface area (Å²) in [6.07, 6.45) is 3.87. The van der Waals surface area contributed by atoms with Gasteiger partial charge in [-0.05, 0) is 34.5 Å². The molecule has 19 heavy (non-hydrogen) atoms. The number of anilines is 1. The van der Waals surface area contributed by atoms with E-state index in [-0.39, 0.29) is 6.10 Å². The molecular formula is C12H16BrN5O. The van der Waals surface area contributed by atoms with Gasteiger partial charge in [-0.25, -0.2) is 9.67 Å². The number of rotatable bonds is 6. The quantitative estimate of drug-likeness (QED) is 0.847. The summed E-state index contributed by atoms with van der Waals surface area (Å²) in [6, 6.07) is 3.78. The molecule has 2 N–H and O–H groups in total. The molecule has 0 aliphatic heterocycles. The minimum absolute atomic E-state index is 0.382. The number of nitrogens with one attached hydrogen (secondary N) is 1. The molecule has 0 saturated carbocycles. The van der Waals surface area contributed by atoms with E-state index < -0.39 is 0 Å². The van der Waals surface area contributed by atoms with Crippen LogP contribution in [0, 0.1) is 0 Å². The lowest BCUT2D eigenvalue weighted by Gasteiger charge is -2.06. The Morgan fingerprint density at radius 2 is 2.37 bits per heavy atom. The van der Waals surface area contributed by atoms with Crippen LogP contribution in [0.4, 0.5) is 5.82 Å². The molecule has 2 aromatic rings. The van der Waals surface area contributed by atoms with Crippen LogP contribution in [0.5, 0.6) is 0 Å². The second-order valence-corrected chi connectivity index (χ2v) is 5.04. The molecule has 0 aliphatic carbocycles. The van der Waals surface area contributed by atoms with Crippen molar-refractivity contribution < 1.29 is 5.11 Å². The summed E-state index contributed by atoms with van der Waals surface area (Å²) in [6.45, 7) is 2.94. The first-order chi connectivity index (χ1) is 9.19. The SMILES string of the molecule is CCC(O)Cn1cc(CNc2ncccc2Br)nn1. The molecule has 0 spiro atoms. The van der Waals surface area contributed by atoms with Gasteiger partial charge in [0.1, 0.15) is 11.5 Å². The third-order valence-corrected chi connectivity index (χ3v) is 3.29.